The highest BCUT2D eigenvalue weighted by atomic mass is 79.9. The molecule has 130 valence electrons. The van der Waals surface area contributed by atoms with Crippen LogP contribution in [0.15, 0.2) is 34.8 Å². The molecule has 0 saturated carbocycles. The van der Waals surface area contributed by atoms with Crippen molar-refractivity contribution in [2.75, 3.05) is 6.54 Å². The maximum atomic E-state index is 12.8. The van der Waals surface area contributed by atoms with Gasteiger partial charge in [-0.05, 0) is 44.4 Å². The molecule has 0 saturated heterocycles. The van der Waals surface area contributed by atoms with E-state index in [0.29, 0.717) is 16.5 Å². The van der Waals surface area contributed by atoms with E-state index in [1.165, 1.54) is 0 Å². The van der Waals surface area contributed by atoms with E-state index in [2.05, 4.69) is 15.9 Å². The molecule has 2 amide bonds. The van der Waals surface area contributed by atoms with Crippen LogP contribution in [0.5, 0.6) is 0 Å². The van der Waals surface area contributed by atoms with Gasteiger partial charge < -0.3 is 4.74 Å². The summed E-state index contributed by atoms with van der Waals surface area (Å²) in [6.07, 6.45) is -0.0312. The Morgan fingerprint density at radius 3 is 2.36 bits per heavy atom. The van der Waals surface area contributed by atoms with Gasteiger partial charge in [0.05, 0.1) is 6.42 Å². The first-order valence-electron chi connectivity index (χ1n) is 7.98. The van der Waals surface area contributed by atoms with Crippen molar-refractivity contribution in [3.63, 3.8) is 0 Å². The molecular weight excluding hydrogens is 386 g/mol. The Morgan fingerprint density at radius 2 is 1.72 bits per heavy atom. The summed E-state index contributed by atoms with van der Waals surface area (Å²) in [6.45, 7) is 5.32. The molecule has 2 aromatic carbocycles. The molecule has 0 unspecified atom stereocenters. The smallest absolute Gasteiger partial charge is 0.308 e. The van der Waals surface area contributed by atoms with Crippen LogP contribution in [-0.4, -0.2) is 34.8 Å². The minimum absolute atomic E-state index is 0.00152. The monoisotopic (exact) mass is 403 g/mol. The quantitative estimate of drug-likeness (QED) is 0.575. The normalized spacial score (nSPS) is 14.2. The predicted octanol–water partition coefficient (Wildman–Crippen LogP) is 3.93. The molecule has 0 atom stereocenters. The van der Waals surface area contributed by atoms with Gasteiger partial charge in [0.1, 0.15) is 5.60 Å². The van der Waals surface area contributed by atoms with Crippen LogP contribution in [-0.2, 0) is 9.53 Å². The highest BCUT2D eigenvalue weighted by Crippen LogP contribution is 2.34. The van der Waals surface area contributed by atoms with E-state index in [1.807, 2.05) is 6.07 Å². The molecule has 25 heavy (non-hydrogen) atoms. The fraction of sp³-hybridized carbons (Fsp3) is 0.316. The third-order valence-electron chi connectivity index (χ3n) is 3.90. The van der Waals surface area contributed by atoms with E-state index >= 15 is 0 Å². The SMILES string of the molecule is CC(C)(C)OC(=O)CCN1C(=O)c2cccc3c(Br)ccc(c23)C1=O. The second-order valence-corrected chi connectivity index (χ2v) is 7.78. The summed E-state index contributed by atoms with van der Waals surface area (Å²) in [5, 5.41) is 1.48. The van der Waals surface area contributed by atoms with Crippen LogP contribution >= 0.6 is 15.9 Å². The number of esters is 1. The Labute approximate surface area is 154 Å². The van der Waals surface area contributed by atoms with E-state index in [0.717, 1.165) is 14.8 Å². The number of ether oxygens (including phenoxy) is 1. The fourth-order valence-electron chi connectivity index (χ4n) is 2.91. The maximum Gasteiger partial charge on any atom is 0.308 e. The first-order chi connectivity index (χ1) is 11.7. The number of imide groups is 1. The van der Waals surface area contributed by atoms with Gasteiger partial charge in [0.25, 0.3) is 11.8 Å². The highest BCUT2D eigenvalue weighted by molar-refractivity contribution is 9.10. The molecule has 0 N–H and O–H groups in total. The predicted molar refractivity (Wildman–Crippen MR) is 97.5 cm³/mol. The molecule has 1 aliphatic rings. The lowest BCUT2D eigenvalue weighted by atomic mass is 9.94. The van der Waals surface area contributed by atoms with Crippen LogP contribution in [0.4, 0.5) is 0 Å². The van der Waals surface area contributed by atoms with Crippen molar-refractivity contribution in [2.24, 2.45) is 0 Å². The molecule has 0 fully saturated rings. The lowest BCUT2D eigenvalue weighted by Gasteiger charge is -2.27. The zero-order chi connectivity index (χ0) is 18.4. The fourth-order valence-corrected chi connectivity index (χ4v) is 3.37. The Hall–Kier alpha value is -2.21. The summed E-state index contributed by atoms with van der Waals surface area (Å²) in [7, 11) is 0. The van der Waals surface area contributed by atoms with Crippen molar-refractivity contribution in [2.45, 2.75) is 32.8 Å². The minimum atomic E-state index is -0.600. The second-order valence-electron chi connectivity index (χ2n) is 6.92. The average molecular weight is 404 g/mol. The Morgan fingerprint density at radius 1 is 1.08 bits per heavy atom. The standard InChI is InChI=1S/C19H18BrNO4/c1-19(2,3)25-15(22)9-10-21-17(23)12-6-4-5-11-14(20)8-7-13(16(11)12)18(21)24/h4-8H,9-10H2,1-3H3. The van der Waals surface area contributed by atoms with Crippen molar-refractivity contribution in [1.29, 1.82) is 0 Å². The summed E-state index contributed by atoms with van der Waals surface area (Å²) in [4.78, 5) is 38.6. The van der Waals surface area contributed by atoms with E-state index < -0.39 is 11.6 Å². The van der Waals surface area contributed by atoms with Gasteiger partial charge in [0, 0.05) is 27.5 Å². The zero-order valence-corrected chi connectivity index (χ0v) is 15.8. The largest absolute Gasteiger partial charge is 0.460 e. The number of halogens is 1. The van der Waals surface area contributed by atoms with E-state index in [4.69, 9.17) is 4.74 Å². The van der Waals surface area contributed by atoms with Gasteiger partial charge in [-0.25, -0.2) is 0 Å². The van der Waals surface area contributed by atoms with Crippen molar-refractivity contribution in [3.8, 4) is 0 Å². The molecule has 2 aromatic rings. The summed E-state index contributed by atoms with van der Waals surface area (Å²) >= 11 is 3.45. The topological polar surface area (TPSA) is 63.7 Å². The molecule has 0 bridgehead atoms. The number of carbonyl (C=O) groups excluding carboxylic acids is 3. The minimum Gasteiger partial charge on any atom is -0.460 e. The Kier molecular flexibility index (Phi) is 4.41. The third-order valence-corrected chi connectivity index (χ3v) is 4.59. The summed E-state index contributed by atoms with van der Waals surface area (Å²) < 4.78 is 6.08. The number of carbonyl (C=O) groups is 3. The highest BCUT2D eigenvalue weighted by Gasteiger charge is 2.33. The maximum absolute atomic E-state index is 12.8. The average Bonchev–Trinajstić information content (AvgIpc) is 2.52. The first kappa shape index (κ1) is 17.6. The molecule has 3 rings (SSSR count). The van der Waals surface area contributed by atoms with Crippen molar-refractivity contribution in [3.05, 3.63) is 45.9 Å². The molecule has 1 aliphatic heterocycles. The number of amides is 2. The number of hydrogen-bond acceptors (Lipinski definition) is 4. The molecule has 1 heterocycles. The zero-order valence-electron chi connectivity index (χ0n) is 14.3. The van der Waals surface area contributed by atoms with Gasteiger partial charge in [0.15, 0.2) is 0 Å². The van der Waals surface area contributed by atoms with E-state index in [9.17, 15) is 14.4 Å². The lowest BCUT2D eigenvalue weighted by Crippen LogP contribution is -2.42. The van der Waals surface area contributed by atoms with E-state index in [1.54, 1.807) is 45.0 Å². The van der Waals surface area contributed by atoms with Crippen LogP contribution in [0.3, 0.4) is 0 Å². The van der Waals surface area contributed by atoms with Crippen LogP contribution < -0.4 is 0 Å². The van der Waals surface area contributed by atoms with Crippen LogP contribution in [0.2, 0.25) is 0 Å². The second kappa shape index (κ2) is 6.26. The molecular formula is C19H18BrNO4. The Bertz CT molecular complexity index is 876. The molecule has 0 radical (unpaired) electrons. The molecule has 0 spiro atoms. The van der Waals surface area contributed by atoms with Crippen LogP contribution in [0.1, 0.15) is 47.9 Å². The molecule has 5 nitrogen and oxygen atoms in total. The van der Waals surface area contributed by atoms with Gasteiger partial charge in [0.2, 0.25) is 0 Å². The molecule has 0 aliphatic carbocycles. The van der Waals surface area contributed by atoms with Crippen molar-refractivity contribution in [1.82, 2.24) is 4.90 Å². The number of hydrogen-bond donors (Lipinski definition) is 0. The van der Waals surface area contributed by atoms with Gasteiger partial charge in [-0.1, -0.05) is 28.1 Å². The number of rotatable bonds is 3. The summed E-state index contributed by atoms with van der Waals surface area (Å²) in [5.74, 6) is -1.21. The van der Waals surface area contributed by atoms with E-state index in [-0.39, 0.29) is 24.8 Å². The van der Waals surface area contributed by atoms with Crippen molar-refractivity contribution >= 4 is 44.5 Å². The molecule has 0 aromatic heterocycles. The van der Waals surface area contributed by atoms with Crippen molar-refractivity contribution < 1.29 is 19.1 Å². The van der Waals surface area contributed by atoms with Crippen LogP contribution in [0, 0.1) is 0 Å². The third kappa shape index (κ3) is 3.31. The summed E-state index contributed by atoms with van der Waals surface area (Å²) in [5.41, 5.74) is 0.340. The Balaban J connectivity index is 1.90. The lowest BCUT2D eigenvalue weighted by molar-refractivity contribution is -0.154. The van der Waals surface area contributed by atoms with Gasteiger partial charge >= 0.3 is 5.97 Å². The van der Waals surface area contributed by atoms with Gasteiger partial charge in [-0.3, -0.25) is 19.3 Å². The first-order valence-corrected chi connectivity index (χ1v) is 8.77. The van der Waals surface area contributed by atoms with Crippen LogP contribution in [0.25, 0.3) is 10.8 Å². The summed E-state index contributed by atoms with van der Waals surface area (Å²) in [6, 6.07) is 8.84. The number of benzene rings is 2. The van der Waals surface area contributed by atoms with Gasteiger partial charge in [-0.15, -0.1) is 0 Å². The number of nitrogens with zero attached hydrogens (tertiary/aromatic N) is 1. The van der Waals surface area contributed by atoms with Gasteiger partial charge in [-0.2, -0.15) is 0 Å². The molecule has 6 heteroatoms.